The summed E-state index contributed by atoms with van der Waals surface area (Å²) in [7, 11) is 0. The fourth-order valence-electron chi connectivity index (χ4n) is 1.72. The molecule has 0 radical (unpaired) electrons. The van der Waals surface area contributed by atoms with Crippen molar-refractivity contribution in [1.82, 2.24) is 14.9 Å². The minimum atomic E-state index is 0.397. The zero-order chi connectivity index (χ0) is 10.5. The highest BCUT2D eigenvalue weighted by atomic mass is 16.5. The van der Waals surface area contributed by atoms with E-state index in [1.165, 1.54) is 32.1 Å². The summed E-state index contributed by atoms with van der Waals surface area (Å²) in [6.07, 6.45) is 5.70. The Morgan fingerprint density at radius 2 is 2.13 bits per heavy atom. The molecule has 2 N–H and O–H groups in total. The molecule has 0 aromatic carbocycles. The Bertz CT molecular complexity index is 312. The van der Waals surface area contributed by atoms with Crippen molar-refractivity contribution in [3.8, 4) is 5.88 Å². The highest BCUT2D eigenvalue weighted by Gasteiger charge is 2.10. The summed E-state index contributed by atoms with van der Waals surface area (Å²) in [5.74, 6) is 0.905. The number of anilines is 1. The van der Waals surface area contributed by atoms with E-state index in [2.05, 4.69) is 14.9 Å². The van der Waals surface area contributed by atoms with Gasteiger partial charge in [0.1, 0.15) is 12.4 Å². The SMILES string of the molecule is Nc1cncc(OCCN2CCCC2)n1. The first-order valence-electron chi connectivity index (χ1n) is 5.27. The van der Waals surface area contributed by atoms with Gasteiger partial charge in [0.2, 0.25) is 5.88 Å². The number of hydrogen-bond donors (Lipinski definition) is 1. The number of rotatable bonds is 4. The molecule has 5 nitrogen and oxygen atoms in total. The maximum atomic E-state index is 5.49. The average Bonchev–Trinajstić information content (AvgIpc) is 2.71. The van der Waals surface area contributed by atoms with Crippen molar-refractivity contribution in [2.45, 2.75) is 12.8 Å². The van der Waals surface area contributed by atoms with Gasteiger partial charge in [0.15, 0.2) is 0 Å². The normalized spacial score (nSPS) is 16.8. The van der Waals surface area contributed by atoms with Crippen LogP contribution in [0.15, 0.2) is 12.4 Å². The fraction of sp³-hybridized carbons (Fsp3) is 0.600. The lowest BCUT2D eigenvalue weighted by Crippen LogP contribution is -2.25. The first kappa shape index (κ1) is 10.2. The minimum Gasteiger partial charge on any atom is -0.475 e. The van der Waals surface area contributed by atoms with Crippen molar-refractivity contribution < 1.29 is 4.74 Å². The molecule has 1 aromatic rings. The Kier molecular flexibility index (Phi) is 3.34. The summed E-state index contributed by atoms with van der Waals surface area (Å²) in [5.41, 5.74) is 5.49. The van der Waals surface area contributed by atoms with Crippen LogP contribution in [-0.2, 0) is 0 Å². The number of aromatic nitrogens is 2. The van der Waals surface area contributed by atoms with E-state index in [1.54, 1.807) is 6.20 Å². The highest BCUT2D eigenvalue weighted by Crippen LogP contribution is 2.08. The predicted octanol–water partition coefficient (Wildman–Crippen LogP) is 0.533. The van der Waals surface area contributed by atoms with Gasteiger partial charge in [-0.05, 0) is 25.9 Å². The number of hydrogen-bond acceptors (Lipinski definition) is 5. The Hall–Kier alpha value is -1.36. The largest absolute Gasteiger partial charge is 0.475 e. The summed E-state index contributed by atoms with van der Waals surface area (Å²) in [6, 6.07) is 0. The molecule has 2 heterocycles. The third kappa shape index (κ3) is 3.06. The molecule has 1 aliphatic heterocycles. The van der Waals surface area contributed by atoms with E-state index in [-0.39, 0.29) is 0 Å². The third-order valence-electron chi connectivity index (χ3n) is 2.49. The fourth-order valence-corrected chi connectivity index (χ4v) is 1.72. The van der Waals surface area contributed by atoms with Crippen molar-refractivity contribution >= 4 is 5.82 Å². The molecular weight excluding hydrogens is 192 g/mol. The Balaban J connectivity index is 1.73. The van der Waals surface area contributed by atoms with Crippen molar-refractivity contribution in [2.75, 3.05) is 32.0 Å². The lowest BCUT2D eigenvalue weighted by atomic mass is 10.4. The zero-order valence-electron chi connectivity index (χ0n) is 8.72. The molecule has 0 saturated carbocycles. The van der Waals surface area contributed by atoms with Crippen LogP contribution in [0.3, 0.4) is 0 Å². The number of likely N-dealkylation sites (tertiary alicyclic amines) is 1. The van der Waals surface area contributed by atoms with Gasteiger partial charge in [-0.2, -0.15) is 4.98 Å². The number of nitrogens with two attached hydrogens (primary N) is 1. The molecule has 1 fully saturated rings. The van der Waals surface area contributed by atoms with Crippen LogP contribution in [0.25, 0.3) is 0 Å². The monoisotopic (exact) mass is 208 g/mol. The van der Waals surface area contributed by atoms with Crippen molar-refractivity contribution in [1.29, 1.82) is 0 Å². The molecule has 1 aromatic heterocycles. The Morgan fingerprint density at radius 3 is 2.87 bits per heavy atom. The second-order valence-corrected chi connectivity index (χ2v) is 3.68. The predicted molar refractivity (Wildman–Crippen MR) is 57.6 cm³/mol. The second kappa shape index (κ2) is 4.93. The molecule has 0 bridgehead atoms. The van der Waals surface area contributed by atoms with Crippen LogP contribution in [-0.4, -0.2) is 41.1 Å². The van der Waals surface area contributed by atoms with Gasteiger partial charge >= 0.3 is 0 Å². The molecule has 82 valence electrons. The first-order valence-corrected chi connectivity index (χ1v) is 5.27. The number of nitrogens with zero attached hydrogens (tertiary/aromatic N) is 3. The van der Waals surface area contributed by atoms with Crippen molar-refractivity contribution in [3.63, 3.8) is 0 Å². The summed E-state index contributed by atoms with van der Waals surface area (Å²) < 4.78 is 5.45. The molecule has 5 heteroatoms. The van der Waals surface area contributed by atoms with Crippen LogP contribution in [0.5, 0.6) is 5.88 Å². The van der Waals surface area contributed by atoms with Gasteiger partial charge in [0.05, 0.1) is 12.4 Å². The van der Waals surface area contributed by atoms with E-state index in [4.69, 9.17) is 10.5 Å². The standard InChI is InChI=1S/C10H16N4O/c11-9-7-12-8-10(13-9)15-6-5-14-3-1-2-4-14/h7-8H,1-6H2,(H2,11,13). The molecule has 0 atom stereocenters. The minimum absolute atomic E-state index is 0.397. The van der Waals surface area contributed by atoms with Crippen LogP contribution in [0.4, 0.5) is 5.82 Å². The van der Waals surface area contributed by atoms with Crippen LogP contribution < -0.4 is 10.5 Å². The molecule has 0 unspecified atom stereocenters. The van der Waals surface area contributed by atoms with E-state index in [0.717, 1.165) is 6.54 Å². The molecule has 0 spiro atoms. The van der Waals surface area contributed by atoms with Crippen LogP contribution in [0, 0.1) is 0 Å². The summed E-state index contributed by atoms with van der Waals surface area (Å²) in [6.45, 7) is 3.98. The number of ether oxygens (including phenoxy) is 1. The molecule has 1 aliphatic rings. The molecule has 2 rings (SSSR count). The third-order valence-corrected chi connectivity index (χ3v) is 2.49. The zero-order valence-corrected chi connectivity index (χ0v) is 8.72. The van der Waals surface area contributed by atoms with Crippen LogP contribution in [0.1, 0.15) is 12.8 Å². The first-order chi connectivity index (χ1) is 7.34. The van der Waals surface area contributed by atoms with Gasteiger partial charge < -0.3 is 10.5 Å². The average molecular weight is 208 g/mol. The van der Waals surface area contributed by atoms with Gasteiger partial charge in [0.25, 0.3) is 0 Å². The van der Waals surface area contributed by atoms with Crippen molar-refractivity contribution in [2.24, 2.45) is 0 Å². The van der Waals surface area contributed by atoms with Crippen LogP contribution >= 0.6 is 0 Å². The summed E-state index contributed by atoms with van der Waals surface area (Å²) >= 11 is 0. The van der Waals surface area contributed by atoms with Gasteiger partial charge in [-0.3, -0.25) is 9.88 Å². The van der Waals surface area contributed by atoms with E-state index in [9.17, 15) is 0 Å². The van der Waals surface area contributed by atoms with Gasteiger partial charge in [-0.25, -0.2) is 0 Å². The molecule has 15 heavy (non-hydrogen) atoms. The highest BCUT2D eigenvalue weighted by molar-refractivity contribution is 5.25. The lowest BCUT2D eigenvalue weighted by molar-refractivity contribution is 0.231. The Labute approximate surface area is 89.3 Å². The summed E-state index contributed by atoms with van der Waals surface area (Å²) in [5, 5.41) is 0. The Morgan fingerprint density at radius 1 is 1.33 bits per heavy atom. The molecule has 1 saturated heterocycles. The van der Waals surface area contributed by atoms with Gasteiger partial charge in [-0.1, -0.05) is 0 Å². The summed E-state index contributed by atoms with van der Waals surface area (Å²) in [4.78, 5) is 10.3. The van der Waals surface area contributed by atoms with Gasteiger partial charge in [0, 0.05) is 6.54 Å². The molecular formula is C10H16N4O. The van der Waals surface area contributed by atoms with Crippen LogP contribution in [0.2, 0.25) is 0 Å². The smallest absolute Gasteiger partial charge is 0.234 e. The maximum absolute atomic E-state index is 5.49. The van der Waals surface area contributed by atoms with Crippen molar-refractivity contribution in [3.05, 3.63) is 12.4 Å². The topological polar surface area (TPSA) is 64.3 Å². The lowest BCUT2D eigenvalue weighted by Gasteiger charge is -2.14. The van der Waals surface area contributed by atoms with E-state index in [1.807, 2.05) is 0 Å². The molecule has 0 aliphatic carbocycles. The van der Waals surface area contributed by atoms with E-state index >= 15 is 0 Å². The van der Waals surface area contributed by atoms with E-state index in [0.29, 0.717) is 18.3 Å². The second-order valence-electron chi connectivity index (χ2n) is 3.68. The maximum Gasteiger partial charge on any atom is 0.234 e. The van der Waals surface area contributed by atoms with E-state index < -0.39 is 0 Å². The quantitative estimate of drug-likeness (QED) is 0.782. The number of nitrogen functional groups attached to an aromatic ring is 1. The molecule has 0 amide bonds. The van der Waals surface area contributed by atoms with Gasteiger partial charge in [-0.15, -0.1) is 0 Å².